The molecule has 0 radical (unpaired) electrons. The van der Waals surface area contributed by atoms with E-state index in [9.17, 15) is 9.59 Å². The molecule has 6 heteroatoms. The maximum Gasteiger partial charge on any atom is 0.349 e. The predicted molar refractivity (Wildman–Crippen MR) is 78.1 cm³/mol. The highest BCUT2D eigenvalue weighted by Gasteiger charge is 2.28. The monoisotopic (exact) mass is 356 g/mol. The highest BCUT2D eigenvalue weighted by molar-refractivity contribution is 9.12. The third-order valence-corrected chi connectivity index (χ3v) is 3.42. The third kappa shape index (κ3) is 3.11. The van der Waals surface area contributed by atoms with Crippen molar-refractivity contribution < 1.29 is 19.1 Å². The fourth-order valence-electron chi connectivity index (χ4n) is 1.57. The number of ether oxygens (including phenoxy) is 2. The topological polar surface area (TPSA) is 52.6 Å². The number of halogens is 2. The average Bonchev–Trinajstić information content (AvgIpc) is 2.81. The van der Waals surface area contributed by atoms with Gasteiger partial charge in [-0.1, -0.05) is 11.6 Å². The first-order valence-electron chi connectivity index (χ1n) is 5.79. The van der Waals surface area contributed by atoms with E-state index in [4.69, 9.17) is 21.1 Å². The van der Waals surface area contributed by atoms with Crippen molar-refractivity contribution in [2.24, 2.45) is 0 Å². The molecule has 0 fully saturated rings. The second-order valence-corrected chi connectivity index (χ2v) is 5.07. The van der Waals surface area contributed by atoms with Gasteiger partial charge < -0.3 is 9.47 Å². The smallest absolute Gasteiger partial charge is 0.349 e. The molecule has 0 N–H and O–H groups in total. The first-order valence-corrected chi connectivity index (χ1v) is 6.96. The Kier molecular flexibility index (Phi) is 4.62. The summed E-state index contributed by atoms with van der Waals surface area (Å²) in [6.45, 7) is 1.89. The number of hydrogen-bond donors (Lipinski definition) is 0. The zero-order chi connectivity index (χ0) is 14.7. The molecule has 0 amide bonds. The normalized spacial score (nSPS) is 16.6. The van der Waals surface area contributed by atoms with E-state index in [1.807, 2.05) is 0 Å². The summed E-state index contributed by atoms with van der Waals surface area (Å²) < 4.78 is 10.2. The van der Waals surface area contributed by atoms with Gasteiger partial charge in [-0.2, -0.15) is 0 Å². The van der Waals surface area contributed by atoms with Crippen molar-refractivity contribution in [3.8, 4) is 0 Å². The van der Waals surface area contributed by atoms with Crippen LogP contribution in [-0.2, 0) is 19.1 Å². The molecule has 1 aliphatic rings. The Balaban J connectivity index is 2.25. The molecule has 1 aliphatic heterocycles. The van der Waals surface area contributed by atoms with Crippen LogP contribution in [0.15, 0.2) is 40.6 Å². The van der Waals surface area contributed by atoms with Gasteiger partial charge in [-0.3, -0.25) is 4.79 Å². The van der Waals surface area contributed by atoms with Crippen LogP contribution in [0.3, 0.4) is 0 Å². The summed E-state index contributed by atoms with van der Waals surface area (Å²) in [5.41, 5.74) is 0.696. The molecular formula is C14H10BrClO4. The SMILES string of the molecule is CCOC(=O)/C(Br)=C1/OC(c2ccc(Cl)cc2)=CC1=O. The van der Waals surface area contributed by atoms with E-state index in [2.05, 4.69) is 15.9 Å². The van der Waals surface area contributed by atoms with Gasteiger partial charge in [0.15, 0.2) is 5.76 Å². The molecule has 2 rings (SSSR count). The lowest BCUT2D eigenvalue weighted by Gasteiger charge is -2.06. The number of allylic oxidation sites excluding steroid dienone is 1. The lowest BCUT2D eigenvalue weighted by Crippen LogP contribution is -2.08. The standard InChI is InChI=1S/C14H10BrClO4/c1-2-19-14(18)12(15)13-10(17)7-11(20-13)8-3-5-9(16)6-4-8/h3-7H,2H2,1H3/b13-12-. The molecule has 1 aromatic rings. The summed E-state index contributed by atoms with van der Waals surface area (Å²) in [7, 11) is 0. The Morgan fingerprint density at radius 1 is 1.35 bits per heavy atom. The molecule has 0 spiro atoms. The van der Waals surface area contributed by atoms with Crippen LogP contribution in [-0.4, -0.2) is 18.4 Å². The summed E-state index contributed by atoms with van der Waals surface area (Å²) in [5, 5.41) is 0.585. The van der Waals surface area contributed by atoms with Crippen LogP contribution in [0, 0.1) is 0 Å². The van der Waals surface area contributed by atoms with E-state index in [1.54, 1.807) is 31.2 Å². The molecule has 104 valence electrons. The summed E-state index contributed by atoms with van der Waals surface area (Å²) in [6, 6.07) is 6.83. The summed E-state index contributed by atoms with van der Waals surface area (Å²) in [4.78, 5) is 23.4. The lowest BCUT2D eigenvalue weighted by molar-refractivity contribution is -0.138. The van der Waals surface area contributed by atoms with Gasteiger partial charge in [-0.15, -0.1) is 0 Å². The number of hydrogen-bond acceptors (Lipinski definition) is 4. The Morgan fingerprint density at radius 3 is 2.60 bits per heavy atom. The van der Waals surface area contributed by atoms with Crippen LogP contribution in [0.25, 0.3) is 5.76 Å². The van der Waals surface area contributed by atoms with Gasteiger partial charge in [0, 0.05) is 16.7 Å². The highest BCUT2D eigenvalue weighted by Crippen LogP contribution is 2.31. The molecule has 0 aromatic heterocycles. The molecule has 20 heavy (non-hydrogen) atoms. The average molecular weight is 358 g/mol. The van der Waals surface area contributed by atoms with E-state index in [1.165, 1.54) is 6.08 Å². The quantitative estimate of drug-likeness (QED) is 0.614. The van der Waals surface area contributed by atoms with E-state index in [-0.39, 0.29) is 16.8 Å². The molecule has 0 aliphatic carbocycles. The minimum Gasteiger partial charge on any atom is -0.462 e. The van der Waals surface area contributed by atoms with Crippen molar-refractivity contribution in [2.75, 3.05) is 6.61 Å². The minimum absolute atomic E-state index is 0.0236. The lowest BCUT2D eigenvalue weighted by atomic mass is 10.2. The zero-order valence-electron chi connectivity index (χ0n) is 10.5. The third-order valence-electron chi connectivity index (χ3n) is 2.48. The highest BCUT2D eigenvalue weighted by atomic mass is 79.9. The second kappa shape index (κ2) is 6.24. The van der Waals surface area contributed by atoms with Crippen LogP contribution in [0.5, 0.6) is 0 Å². The second-order valence-electron chi connectivity index (χ2n) is 3.85. The van der Waals surface area contributed by atoms with Crippen molar-refractivity contribution in [1.82, 2.24) is 0 Å². The van der Waals surface area contributed by atoms with E-state index >= 15 is 0 Å². The molecule has 4 nitrogen and oxygen atoms in total. The van der Waals surface area contributed by atoms with Crippen molar-refractivity contribution in [3.05, 3.63) is 51.2 Å². The predicted octanol–water partition coefficient (Wildman–Crippen LogP) is 3.45. The Bertz CT molecular complexity index is 617. The number of benzene rings is 1. The largest absolute Gasteiger partial charge is 0.462 e. The van der Waals surface area contributed by atoms with Gasteiger partial charge in [0.2, 0.25) is 5.78 Å². The molecule has 0 bridgehead atoms. The maximum absolute atomic E-state index is 11.9. The fraction of sp³-hybridized carbons (Fsp3) is 0.143. The fourth-order valence-corrected chi connectivity index (χ4v) is 2.09. The summed E-state index contributed by atoms with van der Waals surface area (Å²) in [6.07, 6.45) is 1.32. The van der Waals surface area contributed by atoms with Crippen molar-refractivity contribution in [2.45, 2.75) is 6.92 Å². The number of rotatable bonds is 3. The molecule has 0 saturated carbocycles. The van der Waals surface area contributed by atoms with Gasteiger partial charge in [-0.05, 0) is 47.1 Å². The molecule has 1 aromatic carbocycles. The van der Waals surface area contributed by atoms with E-state index < -0.39 is 11.8 Å². The van der Waals surface area contributed by atoms with Crippen molar-refractivity contribution >= 4 is 45.0 Å². The molecule has 0 saturated heterocycles. The molecule has 1 heterocycles. The zero-order valence-corrected chi connectivity index (χ0v) is 12.8. The van der Waals surface area contributed by atoms with Crippen LogP contribution < -0.4 is 0 Å². The molecule has 0 unspecified atom stereocenters. The molecular weight excluding hydrogens is 348 g/mol. The number of carbonyl (C=O) groups is 2. The van der Waals surface area contributed by atoms with E-state index in [0.717, 1.165) is 0 Å². The number of ketones is 1. The molecule has 0 atom stereocenters. The van der Waals surface area contributed by atoms with Crippen molar-refractivity contribution in [3.63, 3.8) is 0 Å². The van der Waals surface area contributed by atoms with Gasteiger partial charge >= 0.3 is 5.97 Å². The Labute approximate surface area is 129 Å². The van der Waals surface area contributed by atoms with Crippen LogP contribution in [0.1, 0.15) is 12.5 Å². The van der Waals surface area contributed by atoms with Gasteiger partial charge in [0.1, 0.15) is 10.2 Å². The summed E-state index contributed by atoms with van der Waals surface area (Å²) >= 11 is 8.83. The van der Waals surface area contributed by atoms with Gasteiger partial charge in [0.05, 0.1) is 6.61 Å². The minimum atomic E-state index is -0.637. The van der Waals surface area contributed by atoms with E-state index in [0.29, 0.717) is 16.3 Å². The van der Waals surface area contributed by atoms with Gasteiger partial charge in [0.25, 0.3) is 0 Å². The number of esters is 1. The Hall–Kier alpha value is -1.59. The Morgan fingerprint density at radius 2 is 2.00 bits per heavy atom. The number of carbonyl (C=O) groups excluding carboxylic acids is 2. The van der Waals surface area contributed by atoms with Crippen LogP contribution in [0.4, 0.5) is 0 Å². The first kappa shape index (κ1) is 14.8. The van der Waals surface area contributed by atoms with Crippen LogP contribution >= 0.6 is 27.5 Å². The maximum atomic E-state index is 11.9. The summed E-state index contributed by atoms with van der Waals surface area (Å²) in [5.74, 6) is -0.743. The van der Waals surface area contributed by atoms with Crippen LogP contribution in [0.2, 0.25) is 5.02 Å². The van der Waals surface area contributed by atoms with Gasteiger partial charge in [-0.25, -0.2) is 4.79 Å². The van der Waals surface area contributed by atoms with Crippen molar-refractivity contribution in [1.29, 1.82) is 0 Å². The first-order chi connectivity index (χ1) is 9.52.